The molecule has 2 heterocycles. The second kappa shape index (κ2) is 6.01. The summed E-state index contributed by atoms with van der Waals surface area (Å²) in [4.78, 5) is 12.4. The number of carbonyl (C=O) groups is 1. The summed E-state index contributed by atoms with van der Waals surface area (Å²) >= 11 is 12.1. The third-order valence-electron chi connectivity index (χ3n) is 3.77. The van der Waals surface area contributed by atoms with Crippen LogP contribution in [0, 0.1) is 0 Å². The van der Waals surface area contributed by atoms with E-state index < -0.39 is 0 Å². The zero-order chi connectivity index (χ0) is 15.0. The second-order valence-corrected chi connectivity index (χ2v) is 5.94. The summed E-state index contributed by atoms with van der Waals surface area (Å²) in [5.74, 6) is 0.449. The number of fused-ring (bicyclic) bond motifs is 1. The molecule has 2 aliphatic rings. The first-order valence-electron chi connectivity index (χ1n) is 6.84. The molecule has 0 aromatic heterocycles. The fourth-order valence-corrected chi connectivity index (χ4v) is 3.01. The van der Waals surface area contributed by atoms with Gasteiger partial charge in [-0.3, -0.25) is 4.79 Å². The van der Waals surface area contributed by atoms with Crippen LogP contribution in [0.15, 0.2) is 12.1 Å². The van der Waals surface area contributed by atoms with E-state index in [2.05, 4.69) is 10.6 Å². The van der Waals surface area contributed by atoms with E-state index in [4.69, 9.17) is 32.7 Å². The summed E-state index contributed by atoms with van der Waals surface area (Å²) in [5, 5.41) is 6.97. The van der Waals surface area contributed by atoms with Crippen LogP contribution in [0.3, 0.4) is 0 Å². The summed E-state index contributed by atoms with van der Waals surface area (Å²) in [6.07, 6.45) is -0.158. The van der Waals surface area contributed by atoms with E-state index in [0.29, 0.717) is 35.6 Å². The molecule has 114 valence electrons. The third-order valence-corrected chi connectivity index (χ3v) is 4.55. The average molecular weight is 331 g/mol. The molecule has 1 unspecified atom stereocenters. The minimum atomic E-state index is -0.356. The van der Waals surface area contributed by atoms with Crippen LogP contribution in [0.5, 0.6) is 5.75 Å². The van der Waals surface area contributed by atoms with Gasteiger partial charge in [-0.05, 0) is 13.0 Å². The van der Waals surface area contributed by atoms with Crippen LogP contribution in [0.2, 0.25) is 10.0 Å². The van der Waals surface area contributed by atoms with Gasteiger partial charge in [-0.2, -0.15) is 0 Å². The van der Waals surface area contributed by atoms with E-state index in [1.165, 1.54) is 0 Å². The lowest BCUT2D eigenvalue weighted by Crippen LogP contribution is -2.56. The van der Waals surface area contributed by atoms with E-state index in [0.717, 1.165) is 5.56 Å². The first-order chi connectivity index (χ1) is 10.1. The Morgan fingerprint density at radius 1 is 1.43 bits per heavy atom. The maximum Gasteiger partial charge on any atom is 0.240 e. The fraction of sp³-hybridized carbons (Fsp3) is 0.500. The van der Waals surface area contributed by atoms with Crippen LogP contribution in [-0.2, 0) is 9.53 Å². The average Bonchev–Trinajstić information content (AvgIpc) is 2.87. The standard InChI is InChI=1S/C14H16Cl2N2O3/c1-7-12(17-4-5-20-7)14(19)18-10-6-21-13-8(10)2-3-9(15)11(13)16/h2-3,7,10,12,17H,4-6H2,1H3,(H,18,19)/t7-,10?,12+/m1/s1. The van der Waals surface area contributed by atoms with E-state index in [-0.39, 0.29) is 24.1 Å². The predicted octanol–water partition coefficient (Wildman–Crippen LogP) is 1.92. The van der Waals surface area contributed by atoms with E-state index in [9.17, 15) is 4.79 Å². The maximum atomic E-state index is 12.4. The molecular weight excluding hydrogens is 315 g/mol. The molecule has 1 amide bonds. The molecule has 3 atom stereocenters. The van der Waals surface area contributed by atoms with Gasteiger partial charge >= 0.3 is 0 Å². The van der Waals surface area contributed by atoms with Crippen molar-refractivity contribution in [2.24, 2.45) is 0 Å². The number of halogens is 2. The molecule has 0 saturated carbocycles. The minimum Gasteiger partial charge on any atom is -0.489 e. The van der Waals surface area contributed by atoms with Crippen molar-refractivity contribution < 1.29 is 14.3 Å². The quantitative estimate of drug-likeness (QED) is 0.869. The Hall–Kier alpha value is -1.01. The molecule has 0 radical (unpaired) electrons. The van der Waals surface area contributed by atoms with E-state index in [1.54, 1.807) is 6.07 Å². The summed E-state index contributed by atoms with van der Waals surface area (Å²) in [7, 11) is 0. The molecule has 0 bridgehead atoms. The molecule has 2 N–H and O–H groups in total. The van der Waals surface area contributed by atoms with Crippen LogP contribution in [0.25, 0.3) is 0 Å². The Morgan fingerprint density at radius 3 is 3.00 bits per heavy atom. The summed E-state index contributed by atoms with van der Waals surface area (Å²) in [5.41, 5.74) is 0.849. The molecule has 0 spiro atoms. The lowest BCUT2D eigenvalue weighted by Gasteiger charge is -2.30. The number of morpholine rings is 1. The van der Waals surface area contributed by atoms with Crippen LogP contribution in [0.4, 0.5) is 0 Å². The number of hydrogen-bond acceptors (Lipinski definition) is 4. The highest BCUT2D eigenvalue weighted by Gasteiger charge is 2.33. The highest BCUT2D eigenvalue weighted by atomic mass is 35.5. The molecule has 5 nitrogen and oxygen atoms in total. The maximum absolute atomic E-state index is 12.4. The first-order valence-corrected chi connectivity index (χ1v) is 7.59. The van der Waals surface area contributed by atoms with Gasteiger partial charge in [0.1, 0.15) is 23.4 Å². The van der Waals surface area contributed by atoms with Gasteiger partial charge in [0.05, 0.1) is 23.8 Å². The van der Waals surface area contributed by atoms with Gasteiger partial charge in [-0.25, -0.2) is 0 Å². The Kier molecular flexibility index (Phi) is 4.26. The molecule has 1 aromatic carbocycles. The largest absolute Gasteiger partial charge is 0.489 e. The summed E-state index contributed by atoms with van der Waals surface area (Å²) in [6, 6.07) is 2.96. The van der Waals surface area contributed by atoms with Crippen LogP contribution >= 0.6 is 23.2 Å². The lowest BCUT2D eigenvalue weighted by molar-refractivity contribution is -0.129. The number of benzene rings is 1. The molecular formula is C14H16Cl2N2O3. The van der Waals surface area contributed by atoms with Gasteiger partial charge in [-0.15, -0.1) is 0 Å². The monoisotopic (exact) mass is 330 g/mol. The van der Waals surface area contributed by atoms with Crippen molar-refractivity contribution in [2.75, 3.05) is 19.8 Å². The Bertz CT molecular complexity index is 567. The normalized spacial score (nSPS) is 27.9. The van der Waals surface area contributed by atoms with E-state index >= 15 is 0 Å². The minimum absolute atomic E-state index is 0.102. The summed E-state index contributed by atoms with van der Waals surface area (Å²) in [6.45, 7) is 3.52. The van der Waals surface area contributed by atoms with Crippen LogP contribution in [-0.4, -0.2) is 37.8 Å². The SMILES string of the molecule is C[C@H]1OCCN[C@@H]1C(=O)NC1COc2c1ccc(Cl)c2Cl. The Labute approximate surface area is 132 Å². The topological polar surface area (TPSA) is 59.6 Å². The number of carbonyl (C=O) groups excluding carboxylic acids is 1. The number of amides is 1. The van der Waals surface area contributed by atoms with Crippen molar-refractivity contribution >= 4 is 29.1 Å². The third kappa shape index (κ3) is 2.83. The lowest BCUT2D eigenvalue weighted by atomic mass is 10.1. The van der Waals surface area contributed by atoms with Gasteiger partial charge in [0, 0.05) is 12.1 Å². The molecule has 21 heavy (non-hydrogen) atoms. The molecule has 1 fully saturated rings. The van der Waals surface area contributed by atoms with Crippen molar-refractivity contribution in [3.8, 4) is 5.75 Å². The van der Waals surface area contributed by atoms with Crippen molar-refractivity contribution in [1.29, 1.82) is 0 Å². The number of hydrogen-bond donors (Lipinski definition) is 2. The zero-order valence-electron chi connectivity index (χ0n) is 11.5. The highest BCUT2D eigenvalue weighted by molar-refractivity contribution is 6.43. The van der Waals surface area contributed by atoms with Gasteiger partial charge in [-0.1, -0.05) is 29.3 Å². The molecule has 1 aromatic rings. The van der Waals surface area contributed by atoms with Crippen LogP contribution in [0.1, 0.15) is 18.5 Å². The highest BCUT2D eigenvalue weighted by Crippen LogP contribution is 2.42. The van der Waals surface area contributed by atoms with Crippen LogP contribution < -0.4 is 15.4 Å². The molecule has 3 rings (SSSR count). The molecule has 2 aliphatic heterocycles. The van der Waals surface area contributed by atoms with Gasteiger partial charge in [0.15, 0.2) is 0 Å². The molecule has 0 aliphatic carbocycles. The predicted molar refractivity (Wildman–Crippen MR) is 80.0 cm³/mol. The van der Waals surface area contributed by atoms with Crippen molar-refractivity contribution in [3.63, 3.8) is 0 Å². The summed E-state index contributed by atoms with van der Waals surface area (Å²) < 4.78 is 11.0. The zero-order valence-corrected chi connectivity index (χ0v) is 13.0. The van der Waals surface area contributed by atoms with Crippen molar-refractivity contribution in [2.45, 2.75) is 25.1 Å². The number of rotatable bonds is 2. The van der Waals surface area contributed by atoms with Crippen molar-refractivity contribution in [1.82, 2.24) is 10.6 Å². The number of ether oxygens (including phenoxy) is 2. The fourth-order valence-electron chi connectivity index (χ4n) is 2.63. The second-order valence-electron chi connectivity index (χ2n) is 5.16. The Balaban J connectivity index is 1.73. The van der Waals surface area contributed by atoms with Gasteiger partial charge < -0.3 is 20.1 Å². The molecule has 1 saturated heterocycles. The first kappa shape index (κ1) is 14.9. The smallest absolute Gasteiger partial charge is 0.240 e. The molecule has 7 heteroatoms. The van der Waals surface area contributed by atoms with Gasteiger partial charge in [0.2, 0.25) is 5.91 Å². The number of nitrogens with one attached hydrogen (secondary N) is 2. The Morgan fingerprint density at radius 2 is 2.24 bits per heavy atom. The van der Waals surface area contributed by atoms with E-state index in [1.807, 2.05) is 13.0 Å². The van der Waals surface area contributed by atoms with Gasteiger partial charge in [0.25, 0.3) is 0 Å². The van der Waals surface area contributed by atoms with Crippen molar-refractivity contribution in [3.05, 3.63) is 27.7 Å².